The van der Waals surface area contributed by atoms with E-state index >= 15 is 0 Å². The number of aryl methyl sites for hydroxylation is 1. The average molecular weight is 439 g/mol. The molecule has 0 aliphatic heterocycles. The maximum absolute atomic E-state index is 12.0. The summed E-state index contributed by atoms with van der Waals surface area (Å²) in [4.78, 5) is 16.3. The lowest BCUT2D eigenvalue weighted by Crippen LogP contribution is -2.10. The van der Waals surface area contributed by atoms with Crippen molar-refractivity contribution in [3.8, 4) is 16.9 Å². The minimum atomic E-state index is -0.243. The van der Waals surface area contributed by atoms with Crippen molar-refractivity contribution >= 4 is 22.6 Å². The molecule has 1 unspecified atom stereocenters. The van der Waals surface area contributed by atoms with Gasteiger partial charge in [0.05, 0.1) is 13.0 Å². The fourth-order valence-electron chi connectivity index (χ4n) is 4.52. The van der Waals surface area contributed by atoms with Gasteiger partial charge in [0.2, 0.25) is 0 Å². The quantitative estimate of drug-likeness (QED) is 0.394. The van der Waals surface area contributed by atoms with Crippen molar-refractivity contribution in [2.24, 2.45) is 0 Å². The van der Waals surface area contributed by atoms with Crippen LogP contribution in [-0.4, -0.2) is 17.6 Å². The number of carbonyl (C=O) groups excluding carboxylic acids is 1. The number of ether oxygens (including phenoxy) is 2. The fourth-order valence-corrected chi connectivity index (χ4v) is 4.52. The first-order chi connectivity index (χ1) is 16.1. The van der Waals surface area contributed by atoms with E-state index in [9.17, 15) is 4.79 Å². The van der Waals surface area contributed by atoms with E-state index in [1.807, 2.05) is 37.3 Å². The predicted octanol–water partition coefficient (Wildman–Crippen LogP) is 5.66. The fraction of sp³-hybridized carbons (Fsp3) is 0.214. The smallest absolute Gasteiger partial charge is 0.310 e. The van der Waals surface area contributed by atoms with Crippen LogP contribution in [0.4, 0.5) is 5.82 Å². The van der Waals surface area contributed by atoms with Gasteiger partial charge in [0.15, 0.2) is 0 Å². The maximum Gasteiger partial charge on any atom is 0.310 e. The van der Waals surface area contributed by atoms with Gasteiger partial charge in [-0.1, -0.05) is 42.5 Å². The number of pyridine rings is 1. The number of anilines is 1. The molecular weight excluding hydrogens is 412 g/mol. The van der Waals surface area contributed by atoms with Crippen LogP contribution >= 0.6 is 0 Å². The van der Waals surface area contributed by atoms with Crippen molar-refractivity contribution in [1.82, 2.24) is 4.98 Å². The molecule has 3 aromatic carbocycles. The molecule has 4 aromatic rings. The summed E-state index contributed by atoms with van der Waals surface area (Å²) in [6.07, 6.45) is 3.75. The first-order valence-corrected chi connectivity index (χ1v) is 11.3. The summed E-state index contributed by atoms with van der Waals surface area (Å²) in [7, 11) is 0. The van der Waals surface area contributed by atoms with Crippen molar-refractivity contribution in [1.29, 1.82) is 0 Å². The first-order valence-electron chi connectivity index (χ1n) is 11.3. The highest BCUT2D eigenvalue weighted by Gasteiger charge is 2.25. The second-order valence-electron chi connectivity index (χ2n) is 8.28. The van der Waals surface area contributed by atoms with Crippen LogP contribution in [0.2, 0.25) is 0 Å². The monoisotopic (exact) mass is 438 g/mol. The predicted molar refractivity (Wildman–Crippen MR) is 130 cm³/mol. The number of rotatable bonds is 6. The van der Waals surface area contributed by atoms with E-state index in [-0.39, 0.29) is 18.5 Å². The third-order valence-electron chi connectivity index (χ3n) is 6.18. The summed E-state index contributed by atoms with van der Waals surface area (Å²) in [6.45, 7) is 2.19. The zero-order valence-corrected chi connectivity index (χ0v) is 18.6. The molecule has 33 heavy (non-hydrogen) atoms. The highest BCUT2D eigenvalue weighted by atomic mass is 16.5. The van der Waals surface area contributed by atoms with Crippen LogP contribution < -0.4 is 10.5 Å². The molecule has 0 amide bonds. The number of hydrogen-bond acceptors (Lipinski definition) is 5. The Bertz CT molecular complexity index is 1330. The number of aromatic nitrogens is 1. The minimum Gasteiger partial charge on any atom is -0.485 e. The van der Waals surface area contributed by atoms with Crippen LogP contribution in [0.3, 0.4) is 0 Å². The largest absolute Gasteiger partial charge is 0.485 e. The van der Waals surface area contributed by atoms with Crippen LogP contribution in [0.1, 0.15) is 36.1 Å². The molecule has 1 atom stereocenters. The zero-order valence-electron chi connectivity index (χ0n) is 18.6. The summed E-state index contributed by atoms with van der Waals surface area (Å²) >= 11 is 0. The number of esters is 1. The van der Waals surface area contributed by atoms with E-state index in [4.69, 9.17) is 15.2 Å². The number of nitrogen functional groups attached to an aromatic ring is 1. The second kappa shape index (κ2) is 8.94. The van der Waals surface area contributed by atoms with Crippen molar-refractivity contribution in [3.05, 3.63) is 89.6 Å². The number of benzene rings is 3. The van der Waals surface area contributed by atoms with Gasteiger partial charge in [-0.3, -0.25) is 4.79 Å². The van der Waals surface area contributed by atoms with Crippen LogP contribution in [-0.2, 0) is 22.4 Å². The molecule has 0 bridgehead atoms. The summed E-state index contributed by atoms with van der Waals surface area (Å²) < 4.78 is 11.6. The Morgan fingerprint density at radius 1 is 1.06 bits per heavy atom. The Hall–Kier alpha value is -3.86. The number of fused-ring (bicyclic) bond motifs is 2. The number of nitrogens with zero attached hydrogens (tertiary/aromatic N) is 1. The van der Waals surface area contributed by atoms with E-state index in [2.05, 4.69) is 41.4 Å². The Labute approximate surface area is 193 Å². The van der Waals surface area contributed by atoms with E-state index in [0.717, 1.165) is 46.1 Å². The van der Waals surface area contributed by atoms with E-state index in [1.54, 1.807) is 6.20 Å². The topological polar surface area (TPSA) is 74.4 Å². The molecule has 0 radical (unpaired) electrons. The normalized spacial score (nSPS) is 14.8. The zero-order chi connectivity index (χ0) is 22.8. The molecule has 5 rings (SSSR count). The molecule has 0 saturated carbocycles. The lowest BCUT2D eigenvalue weighted by molar-refractivity contribution is -0.142. The molecule has 5 nitrogen and oxygen atoms in total. The van der Waals surface area contributed by atoms with Gasteiger partial charge in [-0.05, 0) is 71.7 Å². The van der Waals surface area contributed by atoms with Crippen molar-refractivity contribution in [2.45, 2.75) is 32.3 Å². The van der Waals surface area contributed by atoms with Crippen molar-refractivity contribution in [2.75, 3.05) is 12.3 Å². The number of nitrogens with two attached hydrogens (primary N) is 1. The van der Waals surface area contributed by atoms with E-state index in [1.165, 1.54) is 11.1 Å². The number of carbonyl (C=O) groups is 1. The molecule has 1 heterocycles. The third-order valence-corrected chi connectivity index (χ3v) is 6.18. The average Bonchev–Trinajstić information content (AvgIpc) is 3.22. The van der Waals surface area contributed by atoms with Crippen LogP contribution in [0.5, 0.6) is 5.75 Å². The summed E-state index contributed by atoms with van der Waals surface area (Å²) in [5.74, 6) is 1.03. The lowest BCUT2D eigenvalue weighted by Gasteiger charge is -2.18. The van der Waals surface area contributed by atoms with E-state index in [0.29, 0.717) is 12.4 Å². The van der Waals surface area contributed by atoms with Gasteiger partial charge in [0.25, 0.3) is 0 Å². The Kier molecular flexibility index (Phi) is 5.69. The maximum atomic E-state index is 12.0. The molecular formula is C28H26N2O3. The Morgan fingerprint density at radius 2 is 1.88 bits per heavy atom. The minimum absolute atomic E-state index is 0.0597. The number of para-hydroxylation sites is 1. The van der Waals surface area contributed by atoms with Gasteiger partial charge in [0, 0.05) is 17.1 Å². The third kappa shape index (κ3) is 4.27. The Balaban J connectivity index is 1.44. The molecule has 1 aliphatic carbocycles. The van der Waals surface area contributed by atoms with Gasteiger partial charge >= 0.3 is 5.97 Å². The van der Waals surface area contributed by atoms with Crippen LogP contribution in [0.25, 0.3) is 21.9 Å². The molecule has 1 aliphatic rings. The molecule has 5 heteroatoms. The van der Waals surface area contributed by atoms with Crippen LogP contribution in [0.15, 0.2) is 72.9 Å². The Morgan fingerprint density at radius 3 is 2.76 bits per heavy atom. The molecule has 1 aromatic heterocycles. The lowest BCUT2D eigenvalue weighted by atomic mass is 9.98. The molecule has 0 fully saturated rings. The molecule has 166 valence electrons. The number of hydrogen-bond donors (Lipinski definition) is 1. The van der Waals surface area contributed by atoms with Crippen LogP contribution in [0, 0.1) is 0 Å². The van der Waals surface area contributed by atoms with Crippen molar-refractivity contribution < 1.29 is 14.3 Å². The first kappa shape index (κ1) is 21.0. The van der Waals surface area contributed by atoms with Crippen molar-refractivity contribution in [3.63, 3.8) is 0 Å². The van der Waals surface area contributed by atoms with Gasteiger partial charge in [0.1, 0.15) is 17.7 Å². The molecule has 2 N–H and O–H groups in total. The van der Waals surface area contributed by atoms with Gasteiger partial charge < -0.3 is 15.2 Å². The van der Waals surface area contributed by atoms with Gasteiger partial charge in [-0.2, -0.15) is 0 Å². The SMILES string of the molecule is CCOC(=O)Cc1ccccc1OC1CCc2ccc(-c3ccc4ccnc(N)c4c3)cc21. The van der Waals surface area contributed by atoms with Gasteiger partial charge in [-0.15, -0.1) is 0 Å². The summed E-state index contributed by atoms with van der Waals surface area (Å²) in [5, 5.41) is 2.03. The highest BCUT2D eigenvalue weighted by molar-refractivity contribution is 5.94. The summed E-state index contributed by atoms with van der Waals surface area (Å²) in [5.41, 5.74) is 11.7. The van der Waals surface area contributed by atoms with Gasteiger partial charge in [-0.25, -0.2) is 4.98 Å². The second-order valence-corrected chi connectivity index (χ2v) is 8.28. The molecule has 0 spiro atoms. The van der Waals surface area contributed by atoms with E-state index < -0.39 is 0 Å². The highest BCUT2D eigenvalue weighted by Crippen LogP contribution is 2.39. The molecule has 0 saturated heterocycles. The summed E-state index contributed by atoms with van der Waals surface area (Å²) in [6, 6.07) is 22.5. The standard InChI is InChI=1S/C28H26N2O3/c1-2-32-27(31)17-22-5-3-4-6-25(22)33-26-12-11-18-7-9-20(15-23(18)26)21-10-8-19-13-14-30-28(29)24(19)16-21/h3-10,13-16,26H,2,11-12,17H2,1H3,(H2,29,30).